The highest BCUT2D eigenvalue weighted by Gasteiger charge is 2.29. The molecule has 1 aliphatic rings. The molecule has 0 aromatic rings. The molecular weight excluding hydrogens is 126 g/mol. The summed E-state index contributed by atoms with van der Waals surface area (Å²) in [7, 11) is 0. The molecule has 0 aromatic carbocycles. The molecule has 1 fully saturated rings. The summed E-state index contributed by atoms with van der Waals surface area (Å²) < 4.78 is 0.307. The van der Waals surface area contributed by atoms with Crippen LogP contribution in [0.5, 0.6) is 0 Å². The van der Waals surface area contributed by atoms with Crippen LogP contribution in [0.4, 0.5) is 0 Å². The van der Waals surface area contributed by atoms with Crippen LogP contribution in [0.15, 0.2) is 0 Å². The van der Waals surface area contributed by atoms with Crippen LogP contribution in [0.2, 0.25) is 0 Å². The molecule has 10 heavy (non-hydrogen) atoms. The number of piperidine rings is 1. The molecule has 0 amide bonds. The lowest BCUT2D eigenvalue weighted by molar-refractivity contribution is -1.11. The third-order valence-corrected chi connectivity index (χ3v) is 2.51. The minimum Gasteiger partial charge on any atom is -0.217 e. The third-order valence-electron chi connectivity index (χ3n) is 2.51. The molecule has 1 unspecified atom stereocenters. The second-order valence-electron chi connectivity index (χ2n) is 3.56. The van der Waals surface area contributed by atoms with E-state index in [9.17, 15) is 5.21 Å². The largest absolute Gasteiger partial charge is 0.217 e. The number of hydrogen-bond acceptors (Lipinski definition) is 1. The van der Waals surface area contributed by atoms with Gasteiger partial charge in [0.2, 0.25) is 0 Å². The van der Waals surface area contributed by atoms with Gasteiger partial charge in [0.1, 0.15) is 19.6 Å². The Labute approximate surface area is 63.0 Å². The van der Waals surface area contributed by atoms with E-state index in [1.54, 1.807) is 0 Å². The highest BCUT2D eigenvalue weighted by Crippen LogP contribution is 2.20. The summed E-state index contributed by atoms with van der Waals surface area (Å²) in [6.45, 7) is 7.05. The van der Waals surface area contributed by atoms with Gasteiger partial charge in [-0.1, -0.05) is 6.92 Å². The zero-order valence-corrected chi connectivity index (χ0v) is 7.01. The predicted molar refractivity (Wildman–Crippen MR) is 40.7 cm³/mol. The Bertz CT molecular complexity index is 116. The molecule has 0 saturated carbocycles. The van der Waals surface area contributed by atoms with E-state index in [1.807, 2.05) is 0 Å². The molecule has 1 heterocycles. The Morgan fingerprint density at radius 1 is 1.60 bits per heavy atom. The van der Waals surface area contributed by atoms with Crippen LogP contribution in [0.3, 0.4) is 0 Å². The molecule has 0 aliphatic carbocycles. The summed E-state index contributed by atoms with van der Waals surface area (Å²) in [5.74, 6) is 0.707. The lowest BCUT2D eigenvalue weighted by atomic mass is 10.00. The first-order valence-electron chi connectivity index (χ1n) is 4.25. The van der Waals surface area contributed by atoms with Crippen molar-refractivity contribution in [3.8, 4) is 0 Å². The first-order valence-corrected chi connectivity index (χ1v) is 4.25. The fourth-order valence-electron chi connectivity index (χ4n) is 1.78. The van der Waals surface area contributed by atoms with Crippen molar-refractivity contribution in [2.75, 3.05) is 19.6 Å². The van der Waals surface area contributed by atoms with E-state index in [0.717, 1.165) is 19.6 Å². The second kappa shape index (κ2) is 2.89. The maximum atomic E-state index is 9.79. The molecule has 0 aromatic heterocycles. The van der Waals surface area contributed by atoms with Crippen molar-refractivity contribution in [1.82, 2.24) is 0 Å². The second-order valence-corrected chi connectivity index (χ2v) is 3.56. The maximum absolute atomic E-state index is 9.79. The zero-order chi connectivity index (χ0) is 7.61. The monoisotopic (exact) mass is 144 g/mol. The average molecular weight is 144 g/mol. The van der Waals surface area contributed by atoms with Crippen LogP contribution < -0.4 is 0 Å². The summed E-state index contributed by atoms with van der Waals surface area (Å²) in [4.78, 5) is 0. The highest BCUT2D eigenvalue weighted by atomic mass is 16.5. The van der Waals surface area contributed by atoms with Gasteiger partial charge in [-0.25, -0.2) is 5.21 Å². The molecule has 1 saturated heterocycles. The minimum absolute atomic E-state index is 0.307. The molecule has 0 radical (unpaired) electrons. The quantitative estimate of drug-likeness (QED) is 0.555. The van der Waals surface area contributed by atoms with Gasteiger partial charge in [0.05, 0.1) is 0 Å². The zero-order valence-electron chi connectivity index (χ0n) is 7.01. The fraction of sp³-hybridized carbons (Fsp3) is 1.00. The summed E-state index contributed by atoms with van der Waals surface area (Å²) in [6, 6.07) is 0. The molecule has 0 bridgehead atoms. The molecule has 1 rings (SSSR count). The number of nitrogens with zero attached hydrogens (tertiary/aromatic N) is 1. The van der Waals surface area contributed by atoms with Gasteiger partial charge >= 0.3 is 0 Å². The summed E-state index contributed by atoms with van der Waals surface area (Å²) in [6.07, 6.45) is 2.48. The average Bonchev–Trinajstić information content (AvgIpc) is 1.88. The fourth-order valence-corrected chi connectivity index (χ4v) is 1.78. The van der Waals surface area contributed by atoms with Gasteiger partial charge in [-0.3, -0.25) is 0 Å². The van der Waals surface area contributed by atoms with E-state index in [1.165, 1.54) is 12.8 Å². The van der Waals surface area contributed by atoms with E-state index < -0.39 is 0 Å². The van der Waals surface area contributed by atoms with Crippen LogP contribution in [-0.2, 0) is 0 Å². The van der Waals surface area contributed by atoms with Gasteiger partial charge in [-0.15, -0.1) is 0 Å². The van der Waals surface area contributed by atoms with Crippen molar-refractivity contribution in [3.63, 3.8) is 0 Å². The van der Waals surface area contributed by atoms with Crippen molar-refractivity contribution in [2.45, 2.75) is 26.7 Å². The maximum Gasteiger partial charge on any atom is 0.111 e. The van der Waals surface area contributed by atoms with Crippen molar-refractivity contribution in [1.29, 1.82) is 0 Å². The van der Waals surface area contributed by atoms with Crippen molar-refractivity contribution >= 4 is 0 Å². The number of quaternary nitrogens is 1. The molecule has 1 N–H and O–H groups in total. The Hall–Kier alpha value is -0.0800. The topological polar surface area (TPSA) is 20.2 Å². The Kier molecular flexibility index (Phi) is 2.32. The van der Waals surface area contributed by atoms with Crippen LogP contribution in [0.1, 0.15) is 26.7 Å². The molecule has 2 atom stereocenters. The van der Waals surface area contributed by atoms with Crippen LogP contribution in [-0.4, -0.2) is 29.5 Å². The van der Waals surface area contributed by atoms with Gasteiger partial charge < -0.3 is 0 Å². The minimum atomic E-state index is 0.307. The third kappa shape index (κ3) is 1.70. The van der Waals surface area contributed by atoms with Gasteiger partial charge in [-0.2, -0.15) is 4.65 Å². The van der Waals surface area contributed by atoms with Crippen LogP contribution >= 0.6 is 0 Å². The molecule has 60 valence electrons. The van der Waals surface area contributed by atoms with Crippen molar-refractivity contribution in [3.05, 3.63) is 0 Å². The molecule has 2 nitrogen and oxygen atoms in total. The standard InChI is InChI=1S/C8H18NO/c1-3-9(10)6-4-5-8(2)7-9/h8,10H,3-7H2,1-2H3/q+1/t8-,9?/m0/s1. The first kappa shape index (κ1) is 8.02. The SMILES string of the molecule is CC[N+]1(O)CCC[C@H](C)C1. The first-order chi connectivity index (χ1) is 4.66. The van der Waals surface area contributed by atoms with Gasteiger partial charge in [-0.05, 0) is 19.8 Å². The number of likely N-dealkylation sites (tertiary alicyclic amines) is 1. The van der Waals surface area contributed by atoms with E-state index in [4.69, 9.17) is 0 Å². The van der Waals surface area contributed by atoms with E-state index in [-0.39, 0.29) is 0 Å². The molecule has 0 spiro atoms. The van der Waals surface area contributed by atoms with Gasteiger partial charge in [0.25, 0.3) is 0 Å². The predicted octanol–water partition coefficient (Wildman–Crippen LogP) is 1.64. The van der Waals surface area contributed by atoms with Gasteiger partial charge in [0, 0.05) is 5.92 Å². The van der Waals surface area contributed by atoms with E-state index >= 15 is 0 Å². The normalized spacial score (nSPS) is 41.7. The van der Waals surface area contributed by atoms with Crippen LogP contribution in [0, 0.1) is 5.92 Å². The highest BCUT2D eigenvalue weighted by molar-refractivity contribution is 4.56. The van der Waals surface area contributed by atoms with Crippen molar-refractivity contribution in [2.24, 2.45) is 5.92 Å². The Balaban J connectivity index is 2.45. The lowest BCUT2D eigenvalue weighted by Gasteiger charge is -2.35. The summed E-state index contributed by atoms with van der Waals surface area (Å²) in [5.41, 5.74) is 0. The van der Waals surface area contributed by atoms with Crippen LogP contribution in [0.25, 0.3) is 0 Å². The van der Waals surface area contributed by atoms with Crippen molar-refractivity contribution < 1.29 is 9.85 Å². The van der Waals surface area contributed by atoms with E-state index in [0.29, 0.717) is 10.6 Å². The van der Waals surface area contributed by atoms with E-state index in [2.05, 4.69) is 13.8 Å². The molecular formula is C8H18NO+. The number of rotatable bonds is 1. The number of hydrogen-bond donors (Lipinski definition) is 1. The smallest absolute Gasteiger partial charge is 0.111 e. The summed E-state index contributed by atoms with van der Waals surface area (Å²) >= 11 is 0. The Morgan fingerprint density at radius 2 is 2.30 bits per heavy atom. The Morgan fingerprint density at radius 3 is 2.70 bits per heavy atom. The number of hydroxylamine groups is 3. The molecule has 1 aliphatic heterocycles. The van der Waals surface area contributed by atoms with Gasteiger partial charge in [0.15, 0.2) is 0 Å². The summed E-state index contributed by atoms with van der Waals surface area (Å²) in [5, 5.41) is 9.79. The molecule has 2 heteroatoms. The lowest BCUT2D eigenvalue weighted by Crippen LogP contribution is -2.50.